The van der Waals surface area contributed by atoms with Crippen molar-refractivity contribution in [3.8, 4) is 0 Å². The van der Waals surface area contributed by atoms with Crippen LogP contribution in [0.3, 0.4) is 0 Å². The molecule has 0 radical (unpaired) electrons. The third-order valence-electron chi connectivity index (χ3n) is 2.88. The van der Waals surface area contributed by atoms with Crippen molar-refractivity contribution >= 4 is 28.8 Å². The van der Waals surface area contributed by atoms with Crippen LogP contribution in [0.25, 0.3) is 11.0 Å². The number of benzene rings is 1. The average Bonchev–Trinajstić information content (AvgIpc) is 2.78. The van der Waals surface area contributed by atoms with Gasteiger partial charge in [-0.2, -0.15) is 0 Å². The Balaban J connectivity index is 2.13. The average molecular weight is 296 g/mol. The minimum Gasteiger partial charge on any atom is -0.465 e. The number of hydrogen-bond donors (Lipinski definition) is 0. The van der Waals surface area contributed by atoms with Crippen LogP contribution in [0.4, 0.5) is 4.39 Å². The number of carbonyl (C=O) groups is 1. The first-order valence-electron chi connectivity index (χ1n) is 6.54. The highest BCUT2D eigenvalue weighted by atomic mass is 32.2. The van der Waals surface area contributed by atoms with Crippen LogP contribution in [0.2, 0.25) is 0 Å². The lowest BCUT2D eigenvalue weighted by atomic mass is 10.3. The Bertz CT molecular complexity index is 612. The normalized spacial score (nSPS) is 10.9. The van der Waals surface area contributed by atoms with Crippen LogP contribution in [0, 0.1) is 5.82 Å². The van der Waals surface area contributed by atoms with Gasteiger partial charge in [0.2, 0.25) is 0 Å². The van der Waals surface area contributed by atoms with Gasteiger partial charge in [0.05, 0.1) is 23.6 Å². The van der Waals surface area contributed by atoms with Gasteiger partial charge in [-0.3, -0.25) is 4.79 Å². The molecule has 1 aromatic heterocycles. The van der Waals surface area contributed by atoms with Crippen molar-refractivity contribution in [1.29, 1.82) is 0 Å². The van der Waals surface area contributed by atoms with E-state index in [0.717, 1.165) is 17.9 Å². The topological polar surface area (TPSA) is 44.1 Å². The van der Waals surface area contributed by atoms with Crippen molar-refractivity contribution in [1.82, 2.24) is 9.55 Å². The molecule has 20 heavy (non-hydrogen) atoms. The van der Waals surface area contributed by atoms with Crippen molar-refractivity contribution < 1.29 is 13.9 Å². The standard InChI is InChI=1S/C14H17FN2O2S/c1-3-17-11-7-5-6-10(15)14(11)16-12(17)8-20-9-13(18)19-4-2/h5-7H,3-4,8-9H2,1-2H3. The maximum absolute atomic E-state index is 13.7. The summed E-state index contributed by atoms with van der Waals surface area (Å²) in [7, 11) is 0. The number of ether oxygens (including phenoxy) is 1. The lowest BCUT2D eigenvalue weighted by molar-refractivity contribution is -0.139. The summed E-state index contributed by atoms with van der Waals surface area (Å²) in [4.78, 5) is 15.6. The second kappa shape index (κ2) is 6.74. The molecule has 0 spiro atoms. The summed E-state index contributed by atoms with van der Waals surface area (Å²) >= 11 is 1.42. The Hall–Kier alpha value is -1.56. The molecule has 0 unspecified atom stereocenters. The number of carbonyl (C=O) groups excluding carboxylic acids is 1. The molecule has 0 fully saturated rings. The number of hydrogen-bond acceptors (Lipinski definition) is 4. The lowest BCUT2D eigenvalue weighted by Crippen LogP contribution is -2.08. The van der Waals surface area contributed by atoms with E-state index in [2.05, 4.69) is 4.98 Å². The van der Waals surface area contributed by atoms with E-state index in [0.29, 0.717) is 17.9 Å². The number of nitrogens with zero attached hydrogens (tertiary/aromatic N) is 2. The molecule has 0 N–H and O–H groups in total. The van der Waals surface area contributed by atoms with Crippen LogP contribution in [-0.4, -0.2) is 27.9 Å². The van der Waals surface area contributed by atoms with E-state index in [1.54, 1.807) is 13.0 Å². The number of aromatic nitrogens is 2. The van der Waals surface area contributed by atoms with Gasteiger partial charge in [-0.25, -0.2) is 9.37 Å². The quantitative estimate of drug-likeness (QED) is 0.769. The first kappa shape index (κ1) is 14.8. The maximum Gasteiger partial charge on any atom is 0.315 e. The molecule has 0 atom stereocenters. The zero-order valence-corrected chi connectivity index (χ0v) is 12.4. The molecule has 0 amide bonds. The van der Waals surface area contributed by atoms with Gasteiger partial charge in [-0.05, 0) is 26.0 Å². The number of halogens is 1. The molecule has 0 aliphatic heterocycles. The maximum atomic E-state index is 13.7. The monoisotopic (exact) mass is 296 g/mol. The molecule has 1 aromatic carbocycles. The minimum atomic E-state index is -0.314. The van der Waals surface area contributed by atoms with E-state index >= 15 is 0 Å². The fourth-order valence-corrected chi connectivity index (χ4v) is 2.81. The smallest absolute Gasteiger partial charge is 0.315 e. The highest BCUT2D eigenvalue weighted by Gasteiger charge is 2.13. The number of esters is 1. The van der Waals surface area contributed by atoms with Crippen LogP contribution in [0.1, 0.15) is 19.7 Å². The molecule has 6 heteroatoms. The molecule has 0 aliphatic carbocycles. The number of para-hydroxylation sites is 1. The van der Waals surface area contributed by atoms with E-state index < -0.39 is 0 Å². The molecular formula is C14H17FN2O2S. The number of thioether (sulfide) groups is 1. The molecule has 2 aromatic rings. The second-order valence-electron chi connectivity index (χ2n) is 4.18. The summed E-state index contributed by atoms with van der Waals surface area (Å²) in [6, 6.07) is 4.94. The molecule has 4 nitrogen and oxygen atoms in total. The Kier molecular flexibility index (Phi) is 5.00. The van der Waals surface area contributed by atoms with Gasteiger partial charge in [0.25, 0.3) is 0 Å². The molecule has 0 aliphatic rings. The zero-order chi connectivity index (χ0) is 14.5. The summed E-state index contributed by atoms with van der Waals surface area (Å²) in [5, 5.41) is 0. The summed E-state index contributed by atoms with van der Waals surface area (Å²) in [6.45, 7) is 4.88. The first-order chi connectivity index (χ1) is 9.67. The Morgan fingerprint density at radius 3 is 2.95 bits per heavy atom. The third kappa shape index (κ3) is 3.12. The number of rotatable bonds is 6. The van der Waals surface area contributed by atoms with Gasteiger partial charge in [0, 0.05) is 6.54 Å². The second-order valence-corrected chi connectivity index (χ2v) is 5.16. The van der Waals surface area contributed by atoms with E-state index in [-0.39, 0.29) is 17.5 Å². The van der Waals surface area contributed by atoms with Gasteiger partial charge < -0.3 is 9.30 Å². The van der Waals surface area contributed by atoms with Crippen molar-refractivity contribution in [3.63, 3.8) is 0 Å². The van der Waals surface area contributed by atoms with E-state index in [1.807, 2.05) is 17.6 Å². The van der Waals surface area contributed by atoms with E-state index in [9.17, 15) is 9.18 Å². The number of aryl methyl sites for hydroxylation is 1. The molecule has 2 rings (SSSR count). The summed E-state index contributed by atoms with van der Waals surface area (Å²) < 4.78 is 20.5. The predicted octanol–water partition coefficient (Wildman–Crippen LogP) is 2.99. The molecule has 0 bridgehead atoms. The first-order valence-corrected chi connectivity index (χ1v) is 7.69. The number of imidazole rings is 1. The molecule has 1 heterocycles. The summed E-state index contributed by atoms with van der Waals surface area (Å²) in [5.41, 5.74) is 1.18. The Labute approximate surface area is 121 Å². The van der Waals surface area contributed by atoms with Gasteiger partial charge in [-0.15, -0.1) is 11.8 Å². The van der Waals surface area contributed by atoms with Gasteiger partial charge in [-0.1, -0.05) is 6.07 Å². The van der Waals surface area contributed by atoms with Gasteiger partial charge >= 0.3 is 5.97 Å². The highest BCUT2D eigenvalue weighted by molar-refractivity contribution is 7.99. The SMILES string of the molecule is CCOC(=O)CSCc1nc2c(F)cccc2n1CC. The third-order valence-corrected chi connectivity index (χ3v) is 3.78. The predicted molar refractivity (Wildman–Crippen MR) is 78.2 cm³/mol. The van der Waals surface area contributed by atoms with Crippen LogP contribution < -0.4 is 0 Å². The molecule has 0 saturated heterocycles. The molecule has 108 valence electrons. The van der Waals surface area contributed by atoms with Crippen molar-refractivity contribution in [2.24, 2.45) is 0 Å². The van der Waals surface area contributed by atoms with Crippen LogP contribution in [-0.2, 0) is 21.8 Å². The minimum absolute atomic E-state index is 0.233. The largest absolute Gasteiger partial charge is 0.465 e. The summed E-state index contributed by atoms with van der Waals surface area (Å²) in [6.07, 6.45) is 0. The fraction of sp³-hybridized carbons (Fsp3) is 0.429. The van der Waals surface area contributed by atoms with Crippen LogP contribution in [0.5, 0.6) is 0 Å². The zero-order valence-electron chi connectivity index (χ0n) is 11.6. The molecular weight excluding hydrogens is 279 g/mol. The fourth-order valence-electron chi connectivity index (χ4n) is 2.05. The lowest BCUT2D eigenvalue weighted by Gasteiger charge is -2.05. The Morgan fingerprint density at radius 2 is 2.25 bits per heavy atom. The van der Waals surface area contributed by atoms with Crippen molar-refractivity contribution in [2.45, 2.75) is 26.1 Å². The van der Waals surface area contributed by atoms with E-state index in [1.165, 1.54) is 17.8 Å². The van der Waals surface area contributed by atoms with Crippen LogP contribution >= 0.6 is 11.8 Å². The van der Waals surface area contributed by atoms with Crippen molar-refractivity contribution in [2.75, 3.05) is 12.4 Å². The van der Waals surface area contributed by atoms with Gasteiger partial charge in [0.1, 0.15) is 11.3 Å². The highest BCUT2D eigenvalue weighted by Crippen LogP contribution is 2.22. The van der Waals surface area contributed by atoms with Crippen molar-refractivity contribution in [3.05, 3.63) is 29.8 Å². The van der Waals surface area contributed by atoms with Crippen LogP contribution in [0.15, 0.2) is 18.2 Å². The van der Waals surface area contributed by atoms with E-state index in [4.69, 9.17) is 4.74 Å². The number of fused-ring (bicyclic) bond motifs is 1. The summed E-state index contributed by atoms with van der Waals surface area (Å²) in [5.74, 6) is 1.07. The Morgan fingerprint density at radius 1 is 1.45 bits per heavy atom. The van der Waals surface area contributed by atoms with Gasteiger partial charge in [0.15, 0.2) is 5.82 Å². The molecule has 0 saturated carbocycles.